The monoisotopic (exact) mass is 264 g/mol. The first-order chi connectivity index (χ1) is 9.12. The summed E-state index contributed by atoms with van der Waals surface area (Å²) in [4.78, 5) is 4.49. The maximum atomic E-state index is 9.60. The number of hydrogen-bond acceptors (Lipinski definition) is 4. The van der Waals surface area contributed by atoms with E-state index in [1.807, 2.05) is 20.0 Å². The summed E-state index contributed by atoms with van der Waals surface area (Å²) in [6.45, 7) is 4.93. The molecule has 1 saturated carbocycles. The Kier molecular flexibility index (Phi) is 4.42. The Bertz CT molecular complexity index is 440. The largest absolute Gasteiger partial charge is 0.496 e. The SMILES string of the molecule is COc1c(C)cnc(CNC2(CO)CCCC2)c1C. The Morgan fingerprint density at radius 1 is 1.37 bits per heavy atom. The standard InChI is InChI=1S/C15H24N2O2/c1-11-8-16-13(12(2)14(11)19-3)9-17-15(10-18)6-4-5-7-15/h8,17-18H,4-7,9-10H2,1-3H3. The van der Waals surface area contributed by atoms with Gasteiger partial charge in [0.05, 0.1) is 19.4 Å². The average molecular weight is 264 g/mol. The van der Waals surface area contributed by atoms with Crippen LogP contribution in [0.3, 0.4) is 0 Å². The zero-order chi connectivity index (χ0) is 13.9. The summed E-state index contributed by atoms with van der Waals surface area (Å²) in [6.07, 6.45) is 6.33. The number of hydrogen-bond donors (Lipinski definition) is 2. The van der Waals surface area contributed by atoms with E-state index in [1.54, 1.807) is 7.11 Å². The molecular weight excluding hydrogens is 240 g/mol. The Morgan fingerprint density at radius 3 is 2.63 bits per heavy atom. The molecule has 0 aliphatic heterocycles. The van der Waals surface area contributed by atoms with Gasteiger partial charge in [-0.1, -0.05) is 12.8 Å². The molecule has 0 amide bonds. The van der Waals surface area contributed by atoms with E-state index in [-0.39, 0.29) is 12.1 Å². The van der Waals surface area contributed by atoms with Crippen LogP contribution < -0.4 is 10.1 Å². The first-order valence-electron chi connectivity index (χ1n) is 6.97. The van der Waals surface area contributed by atoms with Crippen molar-refractivity contribution in [3.63, 3.8) is 0 Å². The Labute approximate surface area is 115 Å². The number of aromatic nitrogens is 1. The zero-order valence-corrected chi connectivity index (χ0v) is 12.1. The molecule has 1 aromatic rings. The molecule has 0 unspecified atom stereocenters. The van der Waals surface area contributed by atoms with Crippen molar-refractivity contribution in [2.24, 2.45) is 0 Å². The first-order valence-corrected chi connectivity index (χ1v) is 6.97. The molecule has 2 N–H and O–H groups in total. The topological polar surface area (TPSA) is 54.4 Å². The molecule has 2 rings (SSSR count). The van der Waals surface area contributed by atoms with E-state index in [4.69, 9.17) is 4.74 Å². The third-order valence-electron chi connectivity index (χ3n) is 4.24. The lowest BCUT2D eigenvalue weighted by Gasteiger charge is -2.28. The summed E-state index contributed by atoms with van der Waals surface area (Å²) in [6, 6.07) is 0. The third-order valence-corrected chi connectivity index (χ3v) is 4.24. The number of nitrogens with one attached hydrogen (secondary N) is 1. The van der Waals surface area contributed by atoms with E-state index in [0.717, 1.165) is 35.4 Å². The Balaban J connectivity index is 2.11. The van der Waals surface area contributed by atoms with Crippen LogP contribution >= 0.6 is 0 Å². The molecule has 4 heteroatoms. The molecule has 1 fully saturated rings. The van der Waals surface area contributed by atoms with Gasteiger partial charge < -0.3 is 15.2 Å². The number of ether oxygens (including phenoxy) is 1. The molecule has 0 saturated heterocycles. The predicted molar refractivity (Wildman–Crippen MR) is 75.4 cm³/mol. The van der Waals surface area contributed by atoms with Crippen molar-refractivity contribution in [3.8, 4) is 5.75 Å². The first kappa shape index (κ1) is 14.3. The number of methoxy groups -OCH3 is 1. The molecule has 0 radical (unpaired) electrons. The fourth-order valence-corrected chi connectivity index (χ4v) is 2.96. The van der Waals surface area contributed by atoms with Crippen LogP contribution in [0.15, 0.2) is 6.20 Å². The lowest BCUT2D eigenvalue weighted by Crippen LogP contribution is -2.45. The molecule has 106 valence electrons. The van der Waals surface area contributed by atoms with Crippen LogP contribution in [0.1, 0.15) is 42.5 Å². The number of pyridine rings is 1. The normalized spacial score (nSPS) is 17.7. The fourth-order valence-electron chi connectivity index (χ4n) is 2.96. The molecule has 4 nitrogen and oxygen atoms in total. The summed E-state index contributed by atoms with van der Waals surface area (Å²) < 4.78 is 5.42. The molecule has 19 heavy (non-hydrogen) atoms. The van der Waals surface area contributed by atoms with Crippen LogP contribution in [-0.4, -0.2) is 29.3 Å². The molecule has 1 aliphatic rings. The molecule has 0 aromatic carbocycles. The van der Waals surface area contributed by atoms with Crippen LogP contribution in [-0.2, 0) is 6.54 Å². The second-order valence-corrected chi connectivity index (χ2v) is 5.55. The average Bonchev–Trinajstić information content (AvgIpc) is 2.88. The van der Waals surface area contributed by atoms with Crippen LogP contribution in [0, 0.1) is 13.8 Å². The van der Waals surface area contributed by atoms with Crippen molar-refractivity contribution in [3.05, 3.63) is 23.0 Å². The maximum absolute atomic E-state index is 9.60. The minimum atomic E-state index is -0.105. The molecular formula is C15H24N2O2. The number of nitrogens with zero attached hydrogens (tertiary/aromatic N) is 1. The second kappa shape index (κ2) is 5.88. The quantitative estimate of drug-likeness (QED) is 0.855. The van der Waals surface area contributed by atoms with E-state index in [0.29, 0.717) is 6.54 Å². The Hall–Kier alpha value is -1.13. The fraction of sp³-hybridized carbons (Fsp3) is 0.667. The lowest BCUT2D eigenvalue weighted by molar-refractivity contribution is 0.162. The van der Waals surface area contributed by atoms with Gasteiger partial charge in [-0.25, -0.2) is 0 Å². The van der Waals surface area contributed by atoms with Crippen LogP contribution in [0.25, 0.3) is 0 Å². The van der Waals surface area contributed by atoms with Crippen LogP contribution in [0.2, 0.25) is 0 Å². The zero-order valence-electron chi connectivity index (χ0n) is 12.1. The molecule has 0 spiro atoms. The highest BCUT2D eigenvalue weighted by Crippen LogP contribution is 2.30. The van der Waals surface area contributed by atoms with Gasteiger partial charge in [-0.2, -0.15) is 0 Å². The van der Waals surface area contributed by atoms with Crippen LogP contribution in [0.5, 0.6) is 5.75 Å². The minimum Gasteiger partial charge on any atom is -0.496 e. The molecule has 1 aromatic heterocycles. The maximum Gasteiger partial charge on any atom is 0.128 e. The summed E-state index contributed by atoms with van der Waals surface area (Å²) in [5, 5.41) is 13.1. The van der Waals surface area contributed by atoms with Crippen molar-refractivity contribution in [2.45, 2.75) is 51.6 Å². The highest BCUT2D eigenvalue weighted by molar-refractivity contribution is 5.41. The predicted octanol–water partition coefficient (Wildman–Crippen LogP) is 2.10. The van der Waals surface area contributed by atoms with E-state index in [2.05, 4.69) is 10.3 Å². The van der Waals surface area contributed by atoms with Gasteiger partial charge in [0, 0.05) is 29.4 Å². The van der Waals surface area contributed by atoms with E-state index < -0.39 is 0 Å². The van der Waals surface area contributed by atoms with Crippen molar-refractivity contribution >= 4 is 0 Å². The van der Waals surface area contributed by atoms with E-state index in [9.17, 15) is 5.11 Å². The third kappa shape index (κ3) is 2.90. The van der Waals surface area contributed by atoms with E-state index in [1.165, 1.54) is 12.8 Å². The van der Waals surface area contributed by atoms with Gasteiger partial charge in [0.25, 0.3) is 0 Å². The number of rotatable bonds is 5. The summed E-state index contributed by atoms with van der Waals surface area (Å²) in [7, 11) is 1.69. The highest BCUT2D eigenvalue weighted by Gasteiger charge is 2.32. The van der Waals surface area contributed by atoms with Gasteiger partial charge in [-0.05, 0) is 26.7 Å². The molecule has 1 heterocycles. The van der Waals surface area contributed by atoms with Crippen molar-refractivity contribution < 1.29 is 9.84 Å². The van der Waals surface area contributed by atoms with Gasteiger partial charge in [0.2, 0.25) is 0 Å². The summed E-state index contributed by atoms with van der Waals surface area (Å²) in [5.41, 5.74) is 3.04. The van der Waals surface area contributed by atoms with Crippen LogP contribution in [0.4, 0.5) is 0 Å². The van der Waals surface area contributed by atoms with Gasteiger partial charge in [0.15, 0.2) is 0 Å². The van der Waals surface area contributed by atoms with Crippen molar-refractivity contribution in [1.82, 2.24) is 10.3 Å². The van der Waals surface area contributed by atoms with Gasteiger partial charge in [-0.3, -0.25) is 4.98 Å². The number of aryl methyl sites for hydroxylation is 1. The molecule has 1 aliphatic carbocycles. The van der Waals surface area contributed by atoms with Crippen molar-refractivity contribution in [1.29, 1.82) is 0 Å². The summed E-state index contributed by atoms with van der Waals surface area (Å²) in [5.74, 6) is 0.913. The smallest absolute Gasteiger partial charge is 0.128 e. The number of aliphatic hydroxyl groups excluding tert-OH is 1. The second-order valence-electron chi connectivity index (χ2n) is 5.55. The lowest BCUT2D eigenvalue weighted by atomic mass is 9.98. The van der Waals surface area contributed by atoms with Gasteiger partial charge >= 0.3 is 0 Å². The minimum absolute atomic E-state index is 0.105. The summed E-state index contributed by atoms with van der Waals surface area (Å²) >= 11 is 0. The van der Waals surface area contributed by atoms with Crippen molar-refractivity contribution in [2.75, 3.05) is 13.7 Å². The molecule has 0 bridgehead atoms. The van der Waals surface area contributed by atoms with E-state index >= 15 is 0 Å². The number of aliphatic hydroxyl groups is 1. The Morgan fingerprint density at radius 2 is 2.05 bits per heavy atom. The molecule has 0 atom stereocenters. The highest BCUT2D eigenvalue weighted by atomic mass is 16.5. The van der Waals surface area contributed by atoms with Gasteiger partial charge in [-0.15, -0.1) is 0 Å². The van der Waals surface area contributed by atoms with Gasteiger partial charge in [0.1, 0.15) is 5.75 Å².